The predicted octanol–water partition coefficient (Wildman–Crippen LogP) is 3.79. The predicted molar refractivity (Wildman–Crippen MR) is 65.6 cm³/mol. The van der Waals surface area contributed by atoms with Crippen molar-refractivity contribution in [1.82, 2.24) is 9.38 Å². The summed E-state index contributed by atoms with van der Waals surface area (Å²) in [6.45, 7) is 0. The molecule has 0 saturated carbocycles. The molecule has 3 rings (SSSR count). The Morgan fingerprint density at radius 2 is 2.06 bits per heavy atom. The van der Waals surface area contributed by atoms with Crippen molar-refractivity contribution in [2.24, 2.45) is 0 Å². The van der Waals surface area contributed by atoms with Gasteiger partial charge in [0, 0.05) is 29.7 Å². The molecule has 2 heterocycles. The van der Waals surface area contributed by atoms with E-state index in [-0.39, 0.29) is 5.82 Å². The molecule has 0 saturated heterocycles. The normalized spacial score (nSPS) is 10.9. The second-order valence-corrected chi connectivity index (χ2v) is 4.12. The summed E-state index contributed by atoms with van der Waals surface area (Å²) in [5.41, 5.74) is 1.94. The van der Waals surface area contributed by atoms with Crippen LogP contribution < -0.4 is 0 Å². The van der Waals surface area contributed by atoms with E-state index >= 15 is 0 Å². The number of nitrogens with zero attached hydrogens (tertiary/aromatic N) is 2. The molecule has 0 bridgehead atoms. The second-order valence-electron chi connectivity index (χ2n) is 3.71. The molecule has 0 unspecified atom stereocenters. The van der Waals surface area contributed by atoms with Crippen LogP contribution in [-0.2, 0) is 0 Å². The number of imidazole rings is 1. The van der Waals surface area contributed by atoms with E-state index < -0.39 is 0 Å². The maximum atomic E-state index is 13.7. The van der Waals surface area contributed by atoms with Crippen molar-refractivity contribution in [1.29, 1.82) is 0 Å². The zero-order valence-corrected chi connectivity index (χ0v) is 9.53. The highest BCUT2D eigenvalue weighted by Gasteiger charge is 2.08. The average molecular weight is 247 g/mol. The SMILES string of the molecule is Fc1ccccc1-c1cc(Cl)c2nccn2c1. The van der Waals surface area contributed by atoms with Gasteiger partial charge in [-0.2, -0.15) is 0 Å². The largest absolute Gasteiger partial charge is 0.305 e. The molecule has 2 aromatic heterocycles. The van der Waals surface area contributed by atoms with Crippen LogP contribution in [0.25, 0.3) is 16.8 Å². The van der Waals surface area contributed by atoms with Crippen LogP contribution in [0, 0.1) is 5.82 Å². The van der Waals surface area contributed by atoms with Crippen molar-refractivity contribution in [3.8, 4) is 11.1 Å². The number of hydrogen-bond donors (Lipinski definition) is 0. The van der Waals surface area contributed by atoms with E-state index in [1.807, 2.05) is 6.20 Å². The lowest BCUT2D eigenvalue weighted by molar-refractivity contribution is 0.631. The molecule has 0 radical (unpaired) electrons. The molecule has 3 aromatic rings. The number of halogens is 2. The Morgan fingerprint density at radius 1 is 1.24 bits per heavy atom. The monoisotopic (exact) mass is 246 g/mol. The van der Waals surface area contributed by atoms with E-state index in [1.54, 1.807) is 41.1 Å². The summed E-state index contributed by atoms with van der Waals surface area (Å²) in [7, 11) is 0. The molecule has 0 aliphatic rings. The Kier molecular flexibility index (Phi) is 2.34. The maximum Gasteiger partial charge on any atom is 0.155 e. The van der Waals surface area contributed by atoms with Gasteiger partial charge >= 0.3 is 0 Å². The Hall–Kier alpha value is -1.87. The summed E-state index contributed by atoms with van der Waals surface area (Å²) < 4.78 is 15.4. The number of pyridine rings is 1. The first kappa shape index (κ1) is 10.3. The van der Waals surface area contributed by atoms with Gasteiger partial charge in [0.05, 0.1) is 5.02 Å². The standard InChI is InChI=1S/C13H8ClFN2/c14-11-7-9(8-17-6-5-16-13(11)17)10-3-1-2-4-12(10)15/h1-8H. The highest BCUT2D eigenvalue weighted by atomic mass is 35.5. The highest BCUT2D eigenvalue weighted by Crippen LogP contribution is 2.27. The van der Waals surface area contributed by atoms with Crippen LogP contribution >= 0.6 is 11.6 Å². The van der Waals surface area contributed by atoms with Gasteiger partial charge in [-0.1, -0.05) is 29.8 Å². The number of benzene rings is 1. The van der Waals surface area contributed by atoms with Gasteiger partial charge in [0.2, 0.25) is 0 Å². The Morgan fingerprint density at radius 3 is 2.88 bits per heavy atom. The maximum absolute atomic E-state index is 13.7. The minimum Gasteiger partial charge on any atom is -0.305 e. The van der Waals surface area contributed by atoms with Crippen LogP contribution in [-0.4, -0.2) is 9.38 Å². The molecular weight excluding hydrogens is 239 g/mol. The third-order valence-corrected chi connectivity index (χ3v) is 2.91. The lowest BCUT2D eigenvalue weighted by atomic mass is 10.1. The summed E-state index contributed by atoms with van der Waals surface area (Å²) in [6.07, 6.45) is 5.25. The second kappa shape index (κ2) is 3.86. The van der Waals surface area contributed by atoms with Crippen molar-refractivity contribution in [3.05, 3.63) is 59.8 Å². The van der Waals surface area contributed by atoms with Crippen LogP contribution in [0.4, 0.5) is 4.39 Å². The van der Waals surface area contributed by atoms with Gasteiger partial charge in [-0.25, -0.2) is 9.37 Å². The lowest BCUT2D eigenvalue weighted by Gasteiger charge is -2.05. The Bertz CT molecular complexity index is 691. The molecular formula is C13H8ClFN2. The number of hydrogen-bond acceptors (Lipinski definition) is 1. The molecule has 0 fully saturated rings. The third kappa shape index (κ3) is 1.68. The van der Waals surface area contributed by atoms with E-state index in [1.165, 1.54) is 6.07 Å². The third-order valence-electron chi connectivity index (χ3n) is 2.63. The number of fused-ring (bicyclic) bond motifs is 1. The first-order valence-electron chi connectivity index (χ1n) is 5.13. The first-order chi connectivity index (χ1) is 8.25. The Labute approximate surface area is 102 Å². The minimum absolute atomic E-state index is 0.261. The van der Waals surface area contributed by atoms with Crippen molar-refractivity contribution in [2.75, 3.05) is 0 Å². The van der Waals surface area contributed by atoms with Crippen molar-refractivity contribution in [2.45, 2.75) is 0 Å². The van der Waals surface area contributed by atoms with Gasteiger partial charge in [0.1, 0.15) is 5.82 Å². The fraction of sp³-hybridized carbons (Fsp3) is 0. The quantitative estimate of drug-likeness (QED) is 0.639. The van der Waals surface area contributed by atoms with Gasteiger partial charge in [-0.15, -0.1) is 0 Å². The van der Waals surface area contributed by atoms with Crippen molar-refractivity contribution >= 4 is 17.2 Å². The topological polar surface area (TPSA) is 17.3 Å². The van der Waals surface area contributed by atoms with E-state index in [9.17, 15) is 4.39 Å². The van der Waals surface area contributed by atoms with Crippen molar-refractivity contribution < 1.29 is 4.39 Å². The van der Waals surface area contributed by atoms with E-state index in [4.69, 9.17) is 11.6 Å². The number of rotatable bonds is 1. The highest BCUT2D eigenvalue weighted by molar-refractivity contribution is 6.33. The molecule has 0 aliphatic carbocycles. The summed E-state index contributed by atoms with van der Waals surface area (Å²) in [5.74, 6) is -0.261. The smallest absolute Gasteiger partial charge is 0.155 e. The molecule has 17 heavy (non-hydrogen) atoms. The van der Waals surface area contributed by atoms with E-state index in [0.29, 0.717) is 16.2 Å². The van der Waals surface area contributed by atoms with Crippen molar-refractivity contribution in [3.63, 3.8) is 0 Å². The lowest BCUT2D eigenvalue weighted by Crippen LogP contribution is -1.89. The minimum atomic E-state index is -0.261. The van der Waals surface area contributed by atoms with Gasteiger partial charge in [0.25, 0.3) is 0 Å². The van der Waals surface area contributed by atoms with Crippen LogP contribution in [0.15, 0.2) is 48.9 Å². The van der Waals surface area contributed by atoms with Crippen LogP contribution in [0.3, 0.4) is 0 Å². The number of aromatic nitrogens is 2. The van der Waals surface area contributed by atoms with Crippen LogP contribution in [0.5, 0.6) is 0 Å². The molecule has 0 amide bonds. The average Bonchev–Trinajstić information content (AvgIpc) is 2.78. The first-order valence-corrected chi connectivity index (χ1v) is 5.50. The summed E-state index contributed by atoms with van der Waals surface area (Å²) in [4.78, 5) is 4.11. The zero-order valence-electron chi connectivity index (χ0n) is 8.77. The van der Waals surface area contributed by atoms with Crippen LogP contribution in [0.2, 0.25) is 5.02 Å². The van der Waals surface area contributed by atoms with E-state index in [0.717, 1.165) is 5.56 Å². The molecule has 0 spiro atoms. The van der Waals surface area contributed by atoms with Gasteiger partial charge in [-0.3, -0.25) is 0 Å². The molecule has 0 N–H and O–H groups in total. The summed E-state index contributed by atoms with van der Waals surface area (Å²) >= 11 is 6.10. The molecule has 4 heteroatoms. The fourth-order valence-electron chi connectivity index (χ4n) is 1.83. The zero-order chi connectivity index (χ0) is 11.8. The van der Waals surface area contributed by atoms with Gasteiger partial charge in [0.15, 0.2) is 5.65 Å². The van der Waals surface area contributed by atoms with Gasteiger partial charge < -0.3 is 4.40 Å². The summed E-state index contributed by atoms with van der Waals surface area (Å²) in [6, 6.07) is 8.34. The molecule has 2 nitrogen and oxygen atoms in total. The van der Waals surface area contributed by atoms with Gasteiger partial charge in [-0.05, 0) is 12.1 Å². The fourth-order valence-corrected chi connectivity index (χ4v) is 2.10. The molecule has 0 aliphatic heterocycles. The Balaban J connectivity index is 2.28. The van der Waals surface area contributed by atoms with Crippen LogP contribution in [0.1, 0.15) is 0 Å². The van der Waals surface area contributed by atoms with E-state index in [2.05, 4.69) is 4.98 Å². The molecule has 1 aromatic carbocycles. The molecule has 0 atom stereocenters. The molecule has 84 valence electrons. The summed E-state index contributed by atoms with van der Waals surface area (Å²) in [5, 5.41) is 0.510.